The standard InChI is InChI=1S/C15H12F3N5O/c16-10-3-4-11(13(18)12(10)17)23-15(24)22-7-6-21-14-9(8-19)2-1-5-20-14/h1-5H,6-7H2,(H,20,21)(H2,22,23,24). The minimum Gasteiger partial charge on any atom is -0.367 e. The number of nitrogens with one attached hydrogen (secondary N) is 3. The van der Waals surface area contributed by atoms with Crippen molar-refractivity contribution in [3.05, 3.63) is 53.5 Å². The number of benzene rings is 1. The maximum Gasteiger partial charge on any atom is 0.319 e. The number of pyridine rings is 1. The van der Waals surface area contributed by atoms with E-state index < -0.39 is 29.2 Å². The van der Waals surface area contributed by atoms with Gasteiger partial charge in [0, 0.05) is 19.3 Å². The second kappa shape index (κ2) is 7.82. The lowest BCUT2D eigenvalue weighted by Crippen LogP contribution is -2.33. The Morgan fingerprint density at radius 1 is 1.17 bits per heavy atom. The molecule has 3 N–H and O–H groups in total. The van der Waals surface area contributed by atoms with Crippen LogP contribution < -0.4 is 16.0 Å². The number of nitrogens with zero attached hydrogens (tertiary/aromatic N) is 2. The van der Waals surface area contributed by atoms with E-state index in [4.69, 9.17) is 5.26 Å². The lowest BCUT2D eigenvalue weighted by molar-refractivity contribution is 0.252. The van der Waals surface area contributed by atoms with Crippen LogP contribution in [0.3, 0.4) is 0 Å². The normalized spacial score (nSPS) is 9.92. The molecule has 2 rings (SSSR count). The summed E-state index contributed by atoms with van der Waals surface area (Å²) < 4.78 is 39.2. The predicted octanol–water partition coefficient (Wildman–Crippen LogP) is 2.60. The average molecular weight is 335 g/mol. The van der Waals surface area contributed by atoms with Crippen LogP contribution in [0.1, 0.15) is 5.56 Å². The Bertz CT molecular complexity index is 791. The molecule has 124 valence electrons. The molecule has 0 saturated heterocycles. The molecule has 1 heterocycles. The van der Waals surface area contributed by atoms with Crippen LogP contribution in [-0.4, -0.2) is 24.1 Å². The summed E-state index contributed by atoms with van der Waals surface area (Å²) in [5.74, 6) is -4.11. The summed E-state index contributed by atoms with van der Waals surface area (Å²) in [4.78, 5) is 15.6. The van der Waals surface area contributed by atoms with Crippen molar-refractivity contribution in [2.45, 2.75) is 0 Å². The number of rotatable bonds is 5. The Balaban J connectivity index is 1.82. The minimum atomic E-state index is -1.66. The molecule has 0 atom stereocenters. The molecule has 24 heavy (non-hydrogen) atoms. The monoisotopic (exact) mass is 335 g/mol. The summed E-state index contributed by atoms with van der Waals surface area (Å²) >= 11 is 0. The number of nitriles is 1. The fourth-order valence-corrected chi connectivity index (χ4v) is 1.78. The lowest BCUT2D eigenvalue weighted by atomic mass is 10.3. The highest BCUT2D eigenvalue weighted by Gasteiger charge is 2.14. The van der Waals surface area contributed by atoms with Crippen LogP contribution in [-0.2, 0) is 0 Å². The van der Waals surface area contributed by atoms with Crippen molar-refractivity contribution in [1.82, 2.24) is 10.3 Å². The molecule has 0 spiro atoms. The van der Waals surface area contributed by atoms with E-state index in [1.807, 2.05) is 6.07 Å². The van der Waals surface area contributed by atoms with Crippen LogP contribution in [0.15, 0.2) is 30.5 Å². The van der Waals surface area contributed by atoms with E-state index >= 15 is 0 Å². The van der Waals surface area contributed by atoms with Crippen molar-refractivity contribution in [3.8, 4) is 6.07 Å². The fraction of sp³-hybridized carbons (Fsp3) is 0.133. The lowest BCUT2D eigenvalue weighted by Gasteiger charge is -2.10. The molecule has 2 aromatic rings. The molecule has 0 unspecified atom stereocenters. The van der Waals surface area contributed by atoms with Crippen molar-refractivity contribution < 1.29 is 18.0 Å². The van der Waals surface area contributed by atoms with Gasteiger partial charge in [-0.05, 0) is 24.3 Å². The SMILES string of the molecule is N#Cc1cccnc1NCCNC(=O)Nc1ccc(F)c(F)c1F. The Hall–Kier alpha value is -3.28. The number of hydrogen-bond acceptors (Lipinski definition) is 4. The Kier molecular flexibility index (Phi) is 5.57. The van der Waals surface area contributed by atoms with Gasteiger partial charge in [-0.3, -0.25) is 0 Å². The van der Waals surface area contributed by atoms with Gasteiger partial charge in [0.25, 0.3) is 0 Å². The van der Waals surface area contributed by atoms with Gasteiger partial charge in [-0.15, -0.1) is 0 Å². The zero-order valence-corrected chi connectivity index (χ0v) is 12.2. The van der Waals surface area contributed by atoms with Gasteiger partial charge in [0.2, 0.25) is 0 Å². The highest BCUT2D eigenvalue weighted by atomic mass is 19.2. The summed E-state index contributed by atoms with van der Waals surface area (Å²) in [5.41, 5.74) is -0.123. The minimum absolute atomic E-state index is 0.124. The highest BCUT2D eigenvalue weighted by Crippen LogP contribution is 2.19. The first-order chi connectivity index (χ1) is 11.5. The van der Waals surface area contributed by atoms with Crippen molar-refractivity contribution >= 4 is 17.5 Å². The van der Waals surface area contributed by atoms with Gasteiger partial charge in [0.15, 0.2) is 17.5 Å². The molecule has 0 fully saturated rings. The van der Waals surface area contributed by atoms with E-state index in [1.165, 1.54) is 6.20 Å². The van der Waals surface area contributed by atoms with Gasteiger partial charge in [0.05, 0.1) is 11.3 Å². The van der Waals surface area contributed by atoms with Gasteiger partial charge in [-0.1, -0.05) is 0 Å². The number of carbonyl (C=O) groups excluding carboxylic acids is 1. The molecular weight excluding hydrogens is 323 g/mol. The molecule has 6 nitrogen and oxygen atoms in total. The molecule has 1 aromatic heterocycles. The largest absolute Gasteiger partial charge is 0.367 e. The first-order valence-corrected chi connectivity index (χ1v) is 6.80. The van der Waals surface area contributed by atoms with E-state index in [-0.39, 0.29) is 13.1 Å². The second-order valence-electron chi connectivity index (χ2n) is 4.54. The molecule has 9 heteroatoms. The topological polar surface area (TPSA) is 89.8 Å². The third-order valence-electron chi connectivity index (χ3n) is 2.91. The molecule has 2 amide bonds. The Morgan fingerprint density at radius 3 is 2.71 bits per heavy atom. The van der Waals surface area contributed by atoms with Gasteiger partial charge >= 0.3 is 6.03 Å². The number of amides is 2. The number of carbonyl (C=O) groups is 1. The molecule has 0 aliphatic heterocycles. The third-order valence-corrected chi connectivity index (χ3v) is 2.91. The van der Waals surface area contributed by atoms with E-state index in [1.54, 1.807) is 12.1 Å². The first kappa shape index (κ1) is 17.1. The maximum atomic E-state index is 13.4. The molecule has 0 aliphatic carbocycles. The van der Waals surface area contributed by atoms with Crippen LogP contribution in [0.25, 0.3) is 0 Å². The van der Waals surface area contributed by atoms with Crippen LogP contribution in [0.5, 0.6) is 0 Å². The quantitative estimate of drug-likeness (QED) is 0.579. The molecule has 0 radical (unpaired) electrons. The van der Waals surface area contributed by atoms with Gasteiger partial charge in [-0.25, -0.2) is 22.9 Å². The van der Waals surface area contributed by atoms with Crippen molar-refractivity contribution in [1.29, 1.82) is 5.26 Å². The van der Waals surface area contributed by atoms with Crippen molar-refractivity contribution in [2.24, 2.45) is 0 Å². The third kappa shape index (κ3) is 4.13. The summed E-state index contributed by atoms with van der Waals surface area (Å²) in [6.45, 7) is 0.373. The first-order valence-electron chi connectivity index (χ1n) is 6.80. The molecule has 0 bridgehead atoms. The summed E-state index contributed by atoms with van der Waals surface area (Å²) in [6, 6.07) is 6.00. The van der Waals surface area contributed by atoms with Gasteiger partial charge < -0.3 is 16.0 Å². The average Bonchev–Trinajstić information content (AvgIpc) is 2.59. The smallest absolute Gasteiger partial charge is 0.319 e. The van der Waals surface area contributed by atoms with E-state index in [2.05, 4.69) is 20.9 Å². The van der Waals surface area contributed by atoms with Crippen LogP contribution in [0, 0.1) is 28.8 Å². The number of anilines is 2. The van der Waals surface area contributed by atoms with Crippen LogP contribution in [0.2, 0.25) is 0 Å². The number of hydrogen-bond donors (Lipinski definition) is 3. The Labute approximate surface area is 135 Å². The highest BCUT2D eigenvalue weighted by molar-refractivity contribution is 5.89. The van der Waals surface area contributed by atoms with Crippen LogP contribution in [0.4, 0.5) is 29.5 Å². The summed E-state index contributed by atoms with van der Waals surface area (Å²) in [5, 5.41) is 16.2. The maximum absolute atomic E-state index is 13.4. The van der Waals surface area contributed by atoms with Crippen molar-refractivity contribution in [3.63, 3.8) is 0 Å². The van der Waals surface area contributed by atoms with Crippen molar-refractivity contribution in [2.75, 3.05) is 23.7 Å². The van der Waals surface area contributed by atoms with Crippen LogP contribution >= 0.6 is 0 Å². The Morgan fingerprint density at radius 2 is 1.96 bits per heavy atom. The number of aromatic nitrogens is 1. The van der Waals surface area contributed by atoms with E-state index in [0.717, 1.165) is 6.07 Å². The summed E-state index contributed by atoms with van der Waals surface area (Å²) in [7, 11) is 0. The summed E-state index contributed by atoms with van der Waals surface area (Å²) in [6.07, 6.45) is 1.51. The van der Waals surface area contributed by atoms with E-state index in [9.17, 15) is 18.0 Å². The van der Waals surface area contributed by atoms with Gasteiger partial charge in [-0.2, -0.15) is 5.26 Å². The molecule has 1 aromatic carbocycles. The predicted molar refractivity (Wildman–Crippen MR) is 80.8 cm³/mol. The fourth-order valence-electron chi connectivity index (χ4n) is 1.78. The number of halogens is 3. The zero-order valence-electron chi connectivity index (χ0n) is 12.2. The molecular formula is C15H12F3N5O. The number of urea groups is 1. The second-order valence-corrected chi connectivity index (χ2v) is 4.54. The molecule has 0 saturated carbocycles. The van der Waals surface area contributed by atoms with Gasteiger partial charge in [0.1, 0.15) is 11.9 Å². The zero-order chi connectivity index (χ0) is 17.5. The molecule has 0 aliphatic rings. The van der Waals surface area contributed by atoms with E-state index in [0.29, 0.717) is 17.4 Å².